The quantitative estimate of drug-likeness (QED) is 0.856. The lowest BCUT2D eigenvalue weighted by atomic mass is 9.82. The lowest BCUT2D eigenvalue weighted by Gasteiger charge is -2.25. The van der Waals surface area contributed by atoms with Crippen LogP contribution in [0.25, 0.3) is 0 Å². The molecular formula is C16H25NO. The highest BCUT2D eigenvalue weighted by molar-refractivity contribution is 5.48. The first kappa shape index (κ1) is 13.4. The highest BCUT2D eigenvalue weighted by Gasteiger charge is 2.32. The Labute approximate surface area is 110 Å². The average molecular weight is 247 g/mol. The lowest BCUT2D eigenvalue weighted by molar-refractivity contribution is 0.430. The molecule has 2 nitrogen and oxygen atoms in total. The van der Waals surface area contributed by atoms with Gasteiger partial charge in [-0.3, -0.25) is 0 Å². The molecule has 0 bridgehead atoms. The van der Waals surface area contributed by atoms with E-state index in [0.29, 0.717) is 11.7 Å². The van der Waals surface area contributed by atoms with E-state index in [2.05, 4.69) is 39.8 Å². The summed E-state index contributed by atoms with van der Waals surface area (Å²) in [5.41, 5.74) is 9.46. The van der Waals surface area contributed by atoms with E-state index < -0.39 is 0 Å². The summed E-state index contributed by atoms with van der Waals surface area (Å²) in [6, 6.07) is 4.21. The number of aromatic hydroxyl groups is 1. The standard InChI is InChI=1S/C16H25NO/c1-5-10-8-12(14(17)11-6-7-11)15(18)13(9-10)16(2,3)4/h8-9,11,14,18H,5-7,17H2,1-4H3. The van der Waals surface area contributed by atoms with Gasteiger partial charge in [-0.2, -0.15) is 0 Å². The van der Waals surface area contributed by atoms with E-state index in [1.54, 1.807) is 0 Å². The predicted octanol–water partition coefficient (Wildman–Crippen LogP) is 3.66. The highest BCUT2D eigenvalue weighted by atomic mass is 16.3. The summed E-state index contributed by atoms with van der Waals surface area (Å²) in [6.07, 6.45) is 3.37. The van der Waals surface area contributed by atoms with Gasteiger partial charge in [0.15, 0.2) is 0 Å². The maximum absolute atomic E-state index is 10.5. The number of hydrogen-bond acceptors (Lipinski definition) is 2. The molecule has 1 aliphatic rings. The molecule has 1 unspecified atom stereocenters. The summed E-state index contributed by atoms with van der Waals surface area (Å²) in [5.74, 6) is 0.981. The Bertz CT molecular complexity index is 441. The second-order valence-electron chi connectivity index (χ2n) is 6.55. The largest absolute Gasteiger partial charge is 0.507 e. The fraction of sp³-hybridized carbons (Fsp3) is 0.625. The van der Waals surface area contributed by atoms with Gasteiger partial charge in [-0.1, -0.05) is 39.8 Å². The van der Waals surface area contributed by atoms with Crippen molar-refractivity contribution in [2.24, 2.45) is 11.7 Å². The van der Waals surface area contributed by atoms with Crippen LogP contribution in [0, 0.1) is 5.92 Å². The summed E-state index contributed by atoms with van der Waals surface area (Å²) >= 11 is 0. The van der Waals surface area contributed by atoms with Crippen LogP contribution in [0.15, 0.2) is 12.1 Å². The Morgan fingerprint density at radius 2 is 1.94 bits per heavy atom. The molecule has 1 aromatic rings. The number of phenolic OH excluding ortho intramolecular Hbond substituents is 1. The van der Waals surface area contributed by atoms with Crippen LogP contribution in [-0.2, 0) is 11.8 Å². The number of hydrogen-bond donors (Lipinski definition) is 2. The van der Waals surface area contributed by atoms with Gasteiger partial charge in [0.1, 0.15) is 5.75 Å². The van der Waals surface area contributed by atoms with E-state index in [0.717, 1.165) is 17.5 Å². The molecule has 0 radical (unpaired) electrons. The van der Waals surface area contributed by atoms with Crippen molar-refractivity contribution in [3.8, 4) is 5.75 Å². The summed E-state index contributed by atoms with van der Waals surface area (Å²) in [5, 5.41) is 10.5. The summed E-state index contributed by atoms with van der Waals surface area (Å²) in [4.78, 5) is 0. The van der Waals surface area contributed by atoms with Crippen LogP contribution in [-0.4, -0.2) is 5.11 Å². The average Bonchev–Trinajstić information content (AvgIpc) is 3.10. The Morgan fingerprint density at radius 3 is 2.39 bits per heavy atom. The maximum atomic E-state index is 10.5. The zero-order valence-electron chi connectivity index (χ0n) is 12.0. The van der Waals surface area contributed by atoms with Crippen molar-refractivity contribution >= 4 is 0 Å². The molecular weight excluding hydrogens is 222 g/mol. The summed E-state index contributed by atoms with van der Waals surface area (Å²) in [7, 11) is 0. The molecule has 1 atom stereocenters. The van der Waals surface area contributed by atoms with Gasteiger partial charge in [0.2, 0.25) is 0 Å². The van der Waals surface area contributed by atoms with Crippen LogP contribution in [0.2, 0.25) is 0 Å². The number of aryl methyl sites for hydroxylation is 1. The third-order valence-electron chi connectivity index (χ3n) is 3.90. The SMILES string of the molecule is CCc1cc(C(N)C2CC2)c(O)c(C(C)(C)C)c1. The van der Waals surface area contributed by atoms with Gasteiger partial charge >= 0.3 is 0 Å². The van der Waals surface area contributed by atoms with Gasteiger partial charge in [-0.05, 0) is 41.7 Å². The molecule has 18 heavy (non-hydrogen) atoms. The molecule has 0 spiro atoms. The molecule has 1 saturated carbocycles. The topological polar surface area (TPSA) is 46.2 Å². The third kappa shape index (κ3) is 2.54. The van der Waals surface area contributed by atoms with Gasteiger partial charge in [0.25, 0.3) is 0 Å². The van der Waals surface area contributed by atoms with Crippen LogP contribution >= 0.6 is 0 Å². The van der Waals surface area contributed by atoms with Crippen molar-refractivity contribution in [1.29, 1.82) is 0 Å². The first-order valence-corrected chi connectivity index (χ1v) is 6.96. The van der Waals surface area contributed by atoms with Gasteiger partial charge in [-0.25, -0.2) is 0 Å². The minimum absolute atomic E-state index is 0.00222. The van der Waals surface area contributed by atoms with E-state index in [-0.39, 0.29) is 11.5 Å². The summed E-state index contributed by atoms with van der Waals surface area (Å²) in [6.45, 7) is 8.54. The van der Waals surface area contributed by atoms with Crippen molar-refractivity contribution < 1.29 is 5.11 Å². The van der Waals surface area contributed by atoms with Crippen molar-refractivity contribution in [2.45, 2.75) is 58.4 Å². The zero-order valence-corrected chi connectivity index (χ0v) is 12.0. The normalized spacial score (nSPS) is 17.8. The second-order valence-corrected chi connectivity index (χ2v) is 6.55. The van der Waals surface area contributed by atoms with Gasteiger partial charge in [0.05, 0.1) is 0 Å². The molecule has 2 rings (SSSR count). The molecule has 1 fully saturated rings. The smallest absolute Gasteiger partial charge is 0.124 e. The first-order chi connectivity index (χ1) is 8.34. The molecule has 0 heterocycles. The Morgan fingerprint density at radius 1 is 1.33 bits per heavy atom. The van der Waals surface area contributed by atoms with Crippen molar-refractivity contribution in [2.75, 3.05) is 0 Å². The van der Waals surface area contributed by atoms with E-state index in [1.165, 1.54) is 18.4 Å². The van der Waals surface area contributed by atoms with Gasteiger partial charge < -0.3 is 10.8 Å². The van der Waals surface area contributed by atoms with Crippen LogP contribution in [0.4, 0.5) is 0 Å². The molecule has 3 N–H and O–H groups in total. The number of benzene rings is 1. The van der Waals surface area contributed by atoms with Crippen molar-refractivity contribution in [3.63, 3.8) is 0 Å². The molecule has 1 aromatic carbocycles. The minimum atomic E-state index is -0.0483. The molecule has 100 valence electrons. The fourth-order valence-corrected chi connectivity index (χ4v) is 2.46. The van der Waals surface area contributed by atoms with E-state index >= 15 is 0 Å². The minimum Gasteiger partial charge on any atom is -0.507 e. The first-order valence-electron chi connectivity index (χ1n) is 6.96. The van der Waals surface area contributed by atoms with E-state index in [4.69, 9.17) is 5.73 Å². The lowest BCUT2D eigenvalue weighted by Crippen LogP contribution is -2.17. The molecule has 1 aliphatic carbocycles. The molecule has 0 amide bonds. The second kappa shape index (κ2) is 4.58. The van der Waals surface area contributed by atoms with E-state index in [9.17, 15) is 5.11 Å². The Balaban J connectivity index is 2.51. The molecule has 0 saturated heterocycles. The Hall–Kier alpha value is -1.02. The van der Waals surface area contributed by atoms with E-state index in [1.807, 2.05) is 0 Å². The number of phenols is 1. The van der Waals surface area contributed by atoms with Crippen LogP contribution in [0.3, 0.4) is 0 Å². The number of nitrogens with two attached hydrogens (primary N) is 1. The van der Waals surface area contributed by atoms with Gasteiger partial charge in [0, 0.05) is 11.6 Å². The molecule has 0 aromatic heterocycles. The Kier molecular flexibility index (Phi) is 3.41. The fourth-order valence-electron chi connectivity index (χ4n) is 2.46. The molecule has 0 aliphatic heterocycles. The number of rotatable bonds is 3. The summed E-state index contributed by atoms with van der Waals surface area (Å²) < 4.78 is 0. The van der Waals surface area contributed by atoms with Crippen LogP contribution in [0.1, 0.15) is 63.3 Å². The maximum Gasteiger partial charge on any atom is 0.124 e. The van der Waals surface area contributed by atoms with Crippen LogP contribution in [0.5, 0.6) is 5.75 Å². The van der Waals surface area contributed by atoms with Crippen molar-refractivity contribution in [3.05, 3.63) is 28.8 Å². The predicted molar refractivity (Wildman–Crippen MR) is 75.8 cm³/mol. The van der Waals surface area contributed by atoms with Crippen LogP contribution < -0.4 is 5.73 Å². The van der Waals surface area contributed by atoms with Gasteiger partial charge in [-0.15, -0.1) is 0 Å². The third-order valence-corrected chi connectivity index (χ3v) is 3.90. The monoisotopic (exact) mass is 247 g/mol. The highest BCUT2D eigenvalue weighted by Crippen LogP contribution is 2.44. The van der Waals surface area contributed by atoms with Crippen molar-refractivity contribution in [1.82, 2.24) is 0 Å². The zero-order chi connectivity index (χ0) is 13.5. The molecule has 2 heteroatoms.